The van der Waals surface area contributed by atoms with Crippen LogP contribution < -0.4 is 5.32 Å². The molecule has 18 nitrogen and oxygen atoms in total. The molecule has 0 unspecified atom stereocenters. The second-order valence-electron chi connectivity index (χ2n) is 12.2. The number of amides is 1. The Labute approximate surface area is 308 Å². The third-order valence-corrected chi connectivity index (χ3v) is 9.84. The third kappa shape index (κ3) is 8.51. The van der Waals surface area contributed by atoms with Crippen molar-refractivity contribution < 1.29 is 56.3 Å². The minimum absolute atomic E-state index is 0.0464. The highest BCUT2D eigenvalue weighted by atomic mass is 32.2. The van der Waals surface area contributed by atoms with Gasteiger partial charge in [0.1, 0.15) is 53.5 Å². The zero-order valence-corrected chi connectivity index (χ0v) is 29.9. The molecular weight excluding hydrogens is 743 g/mol. The second kappa shape index (κ2) is 16.5. The maximum Gasteiger partial charge on any atom is 0.303 e. The second-order valence-corrected chi connectivity index (χ2v) is 13.6. The molecule has 0 spiro atoms. The first kappa shape index (κ1) is 38.7. The summed E-state index contributed by atoms with van der Waals surface area (Å²) >= 11 is 1.13. The molecule has 0 radical (unpaired) electrons. The molecule has 2 aliphatic heterocycles. The maximum absolute atomic E-state index is 14.1. The fourth-order valence-corrected chi connectivity index (χ4v) is 7.53. The summed E-state index contributed by atoms with van der Waals surface area (Å²) in [5.74, 6) is -5.75. The number of anilines is 1. The maximum atomic E-state index is 14.1. The van der Waals surface area contributed by atoms with Gasteiger partial charge in [0.15, 0.2) is 29.4 Å². The van der Waals surface area contributed by atoms with Crippen LogP contribution >= 0.6 is 11.8 Å². The lowest BCUT2D eigenvalue weighted by Gasteiger charge is -2.46. The highest BCUT2D eigenvalue weighted by Gasteiger charge is 2.52. The average molecular weight is 778 g/mol. The van der Waals surface area contributed by atoms with Crippen molar-refractivity contribution in [2.75, 3.05) is 32.2 Å². The summed E-state index contributed by atoms with van der Waals surface area (Å²) in [7, 11) is 1.37. The number of halogens is 3. The molecule has 0 aliphatic carbocycles. The summed E-state index contributed by atoms with van der Waals surface area (Å²) in [4.78, 5) is 44.2. The van der Waals surface area contributed by atoms with Gasteiger partial charge in [-0.1, -0.05) is 10.4 Å². The standard InChI is InChI=1S/C32H34F3N9O9S/c1-14(45)37-25-5-6-36-31(38-25)21-10-43(41-40-21)22-11-50-13-24(28(22)48)54-32-30(49-4)27(29(52-16(3)47)23(53-32)12-51-15(2)46)44-9-20(39-42-44)17-7-18(33)26(35)19(34)8-17/h5-10,22-24,27-30,32,48H,11-13H2,1-4H3,(H,36,37,38,45)/t22-,23+,24+,27-,28+,29-,30+,32-/m0/s1. The summed E-state index contributed by atoms with van der Waals surface area (Å²) < 4.78 is 73.7. The number of aliphatic hydroxyl groups excluding tert-OH is 1. The van der Waals surface area contributed by atoms with Crippen molar-refractivity contribution in [1.29, 1.82) is 0 Å². The molecule has 2 fully saturated rings. The van der Waals surface area contributed by atoms with E-state index in [1.54, 1.807) is 0 Å². The molecule has 0 saturated carbocycles. The normalized spacial score (nSPS) is 25.6. The van der Waals surface area contributed by atoms with E-state index in [1.165, 1.54) is 55.0 Å². The number of aliphatic hydroxyl groups is 1. The minimum atomic E-state index is -1.65. The zero-order chi connectivity index (χ0) is 38.7. The van der Waals surface area contributed by atoms with Crippen molar-refractivity contribution in [3.63, 3.8) is 0 Å². The van der Waals surface area contributed by atoms with Crippen LogP contribution in [0.5, 0.6) is 0 Å². The summed E-state index contributed by atoms with van der Waals surface area (Å²) in [6.45, 7) is 3.45. The van der Waals surface area contributed by atoms with Crippen molar-refractivity contribution in [1.82, 2.24) is 40.0 Å². The molecule has 4 aromatic rings. The summed E-state index contributed by atoms with van der Waals surface area (Å²) in [6, 6.07) is 1.24. The number of benzene rings is 1. The van der Waals surface area contributed by atoms with Gasteiger partial charge in [0.2, 0.25) is 5.91 Å². The van der Waals surface area contributed by atoms with Gasteiger partial charge in [-0.25, -0.2) is 32.5 Å². The number of esters is 2. The number of rotatable bonds is 11. The van der Waals surface area contributed by atoms with E-state index in [9.17, 15) is 32.7 Å². The topological polar surface area (TPSA) is 217 Å². The largest absolute Gasteiger partial charge is 0.463 e. The number of methoxy groups -OCH3 is 1. The summed E-state index contributed by atoms with van der Waals surface area (Å²) in [5.41, 5.74) is -0.874. The van der Waals surface area contributed by atoms with Crippen LogP contribution in [-0.4, -0.2) is 125 Å². The number of nitrogens with zero attached hydrogens (tertiary/aromatic N) is 8. The molecule has 2 aliphatic rings. The van der Waals surface area contributed by atoms with Gasteiger partial charge < -0.3 is 34.1 Å². The Morgan fingerprint density at radius 1 is 1.00 bits per heavy atom. The molecular formula is C32H34F3N9O9S. The van der Waals surface area contributed by atoms with Crippen molar-refractivity contribution >= 4 is 35.4 Å². The Hall–Kier alpha value is -5.03. The molecule has 22 heteroatoms. The van der Waals surface area contributed by atoms with E-state index in [2.05, 4.69) is 35.9 Å². The highest BCUT2D eigenvalue weighted by molar-refractivity contribution is 8.00. The van der Waals surface area contributed by atoms with E-state index < -0.39 is 76.6 Å². The first-order valence-electron chi connectivity index (χ1n) is 16.3. The van der Waals surface area contributed by atoms with Gasteiger partial charge in [-0.2, -0.15) is 0 Å². The molecule has 6 rings (SSSR count). The van der Waals surface area contributed by atoms with Gasteiger partial charge >= 0.3 is 11.9 Å². The van der Waals surface area contributed by atoms with Crippen LogP contribution in [0.3, 0.4) is 0 Å². The van der Waals surface area contributed by atoms with Crippen LogP contribution in [0.1, 0.15) is 32.9 Å². The van der Waals surface area contributed by atoms with E-state index in [-0.39, 0.29) is 54.3 Å². The molecule has 1 aromatic carbocycles. The Balaban J connectivity index is 1.28. The van der Waals surface area contributed by atoms with E-state index in [1.807, 2.05) is 0 Å². The SMILES string of the molecule is CO[C@@H]1[C@@H](n2cc(-c3cc(F)c(F)c(F)c3)nn2)[C@@H](OC(C)=O)[C@@H](COC(C)=O)O[C@H]1S[C@@H]1COC[C@H](n2cc(-c3nccc(NC(C)=O)n3)nn2)[C@H]1O. The van der Waals surface area contributed by atoms with E-state index in [0.29, 0.717) is 0 Å². The van der Waals surface area contributed by atoms with E-state index in [4.69, 9.17) is 23.7 Å². The van der Waals surface area contributed by atoms with Crippen molar-refractivity contribution in [2.24, 2.45) is 0 Å². The Morgan fingerprint density at radius 2 is 1.70 bits per heavy atom. The van der Waals surface area contributed by atoms with Gasteiger partial charge in [0.25, 0.3) is 0 Å². The number of carbonyl (C=O) groups is 3. The molecule has 8 atom stereocenters. The molecule has 5 heterocycles. The molecule has 2 saturated heterocycles. The number of nitrogens with one attached hydrogen (secondary N) is 1. The van der Waals surface area contributed by atoms with Gasteiger partial charge in [-0.3, -0.25) is 14.4 Å². The predicted octanol–water partition coefficient (Wildman–Crippen LogP) is 1.88. The zero-order valence-electron chi connectivity index (χ0n) is 29.0. The molecule has 3 aromatic heterocycles. The molecule has 2 N–H and O–H groups in total. The van der Waals surface area contributed by atoms with Gasteiger partial charge in [-0.05, 0) is 18.2 Å². The number of hydrogen-bond acceptors (Lipinski definition) is 16. The van der Waals surface area contributed by atoms with Crippen LogP contribution in [0.4, 0.5) is 19.0 Å². The van der Waals surface area contributed by atoms with Gasteiger partial charge in [-0.15, -0.1) is 22.0 Å². The third-order valence-electron chi connectivity index (χ3n) is 8.43. The van der Waals surface area contributed by atoms with Crippen molar-refractivity contribution in [3.05, 3.63) is 54.2 Å². The monoisotopic (exact) mass is 777 g/mol. The fraction of sp³-hybridized carbons (Fsp3) is 0.469. The number of thioether (sulfide) groups is 1. The van der Waals surface area contributed by atoms with Gasteiger partial charge in [0, 0.05) is 39.6 Å². The lowest BCUT2D eigenvalue weighted by molar-refractivity contribution is -0.208. The molecule has 288 valence electrons. The van der Waals surface area contributed by atoms with E-state index >= 15 is 0 Å². The van der Waals surface area contributed by atoms with E-state index in [0.717, 1.165) is 30.8 Å². The predicted molar refractivity (Wildman–Crippen MR) is 179 cm³/mol. The number of ether oxygens (including phenoxy) is 5. The van der Waals surface area contributed by atoms with Gasteiger partial charge in [0.05, 0.1) is 37.0 Å². The lowest BCUT2D eigenvalue weighted by atomic mass is 9.96. The minimum Gasteiger partial charge on any atom is -0.463 e. The highest BCUT2D eigenvalue weighted by Crippen LogP contribution is 2.42. The van der Waals surface area contributed by atoms with Crippen LogP contribution in [-0.2, 0) is 38.1 Å². The summed E-state index contributed by atoms with van der Waals surface area (Å²) in [6.07, 6.45) is -0.148. The molecule has 1 amide bonds. The molecule has 54 heavy (non-hydrogen) atoms. The first-order valence-corrected chi connectivity index (χ1v) is 17.3. The number of carbonyl (C=O) groups excluding carboxylic acids is 3. The van der Waals surface area contributed by atoms with Crippen molar-refractivity contribution in [3.8, 4) is 22.8 Å². The first-order chi connectivity index (χ1) is 25.8. The quantitative estimate of drug-likeness (QED) is 0.164. The molecule has 0 bridgehead atoms. The smallest absolute Gasteiger partial charge is 0.303 e. The van der Waals surface area contributed by atoms with Crippen molar-refractivity contribution in [2.45, 2.75) is 68.0 Å². The fourth-order valence-electron chi connectivity index (χ4n) is 6.03. The van der Waals surface area contributed by atoms with Crippen LogP contribution in [0.15, 0.2) is 36.8 Å². The number of aromatic nitrogens is 8. The number of hydrogen-bond donors (Lipinski definition) is 2. The Bertz CT molecular complexity index is 1980. The Morgan fingerprint density at radius 3 is 2.39 bits per heavy atom. The average Bonchev–Trinajstić information content (AvgIpc) is 3.82. The van der Waals surface area contributed by atoms with Crippen LogP contribution in [0, 0.1) is 17.5 Å². The van der Waals surface area contributed by atoms with Crippen LogP contribution in [0.25, 0.3) is 22.8 Å². The lowest BCUT2D eigenvalue weighted by Crippen LogP contribution is -2.58. The van der Waals surface area contributed by atoms with Crippen LogP contribution in [0.2, 0.25) is 0 Å². The summed E-state index contributed by atoms with van der Waals surface area (Å²) in [5, 5.41) is 30.0. The Kier molecular flexibility index (Phi) is 11.9.